The Bertz CT molecular complexity index is 288. The largest absolute Gasteiger partial charge is 0.395 e. The van der Waals surface area contributed by atoms with E-state index in [1.807, 2.05) is 18.2 Å². The van der Waals surface area contributed by atoms with Crippen LogP contribution in [0.4, 0.5) is 0 Å². The van der Waals surface area contributed by atoms with Crippen molar-refractivity contribution in [3.05, 3.63) is 35.9 Å². The van der Waals surface area contributed by atoms with E-state index in [2.05, 4.69) is 26.0 Å². The van der Waals surface area contributed by atoms with E-state index in [4.69, 9.17) is 4.74 Å². The minimum Gasteiger partial charge on any atom is -0.395 e. The van der Waals surface area contributed by atoms with Gasteiger partial charge in [-0.2, -0.15) is 0 Å². The first-order valence-corrected chi connectivity index (χ1v) is 7.11. The summed E-state index contributed by atoms with van der Waals surface area (Å²) in [5, 5.41) is 9.42. The summed E-state index contributed by atoms with van der Waals surface area (Å²) in [5.74, 6) is 0.636. The molecule has 0 saturated heterocycles. The number of ether oxygens (including phenoxy) is 1. The smallest absolute Gasteiger partial charge is 0.0931 e. The number of aliphatic hydroxyl groups is 1. The third kappa shape index (κ3) is 4.70. The summed E-state index contributed by atoms with van der Waals surface area (Å²) < 4.78 is 5.60. The van der Waals surface area contributed by atoms with E-state index in [-0.39, 0.29) is 11.4 Å². The number of thioether (sulfide) groups is 1. The molecule has 1 aromatic carbocycles. The monoisotopic (exact) mass is 254 g/mol. The number of hydrogen-bond acceptors (Lipinski definition) is 3. The normalized spacial score (nSPS) is 11.7. The van der Waals surface area contributed by atoms with Crippen LogP contribution in [0, 0.1) is 0 Å². The molecule has 17 heavy (non-hydrogen) atoms. The first-order valence-electron chi connectivity index (χ1n) is 6.13. The molecule has 0 heterocycles. The van der Waals surface area contributed by atoms with Gasteiger partial charge in [-0.25, -0.2) is 0 Å². The number of benzene rings is 1. The van der Waals surface area contributed by atoms with Gasteiger partial charge in [0, 0.05) is 4.75 Å². The highest BCUT2D eigenvalue weighted by atomic mass is 32.2. The van der Waals surface area contributed by atoms with Gasteiger partial charge in [0.1, 0.15) is 0 Å². The standard InChI is InChI=1S/C14H22O2S/c1-3-14(4-2,11-15)17-12-16-10-13-8-6-5-7-9-13/h5-9,15H,3-4,10-12H2,1-2H3. The van der Waals surface area contributed by atoms with Gasteiger partial charge in [-0.05, 0) is 18.4 Å². The summed E-state index contributed by atoms with van der Waals surface area (Å²) in [6.07, 6.45) is 1.94. The zero-order valence-electron chi connectivity index (χ0n) is 10.7. The quantitative estimate of drug-likeness (QED) is 0.569. The summed E-state index contributed by atoms with van der Waals surface area (Å²) in [5.41, 5.74) is 1.19. The van der Waals surface area contributed by atoms with Crippen molar-refractivity contribution in [1.82, 2.24) is 0 Å². The molecule has 1 rings (SSSR count). The molecule has 0 aliphatic heterocycles. The average Bonchev–Trinajstić information content (AvgIpc) is 2.41. The molecular formula is C14H22O2S. The zero-order chi connectivity index (χ0) is 12.6. The van der Waals surface area contributed by atoms with Crippen LogP contribution >= 0.6 is 11.8 Å². The Morgan fingerprint density at radius 3 is 2.35 bits per heavy atom. The van der Waals surface area contributed by atoms with Crippen molar-refractivity contribution < 1.29 is 9.84 Å². The van der Waals surface area contributed by atoms with Gasteiger partial charge in [-0.3, -0.25) is 0 Å². The van der Waals surface area contributed by atoms with Crippen molar-refractivity contribution in [2.45, 2.75) is 38.0 Å². The Hall–Kier alpha value is -0.510. The molecule has 0 bridgehead atoms. The summed E-state index contributed by atoms with van der Waals surface area (Å²) >= 11 is 1.72. The second kappa shape index (κ2) is 7.75. The lowest BCUT2D eigenvalue weighted by atomic mass is 10.0. The third-order valence-electron chi connectivity index (χ3n) is 3.14. The van der Waals surface area contributed by atoms with E-state index in [1.54, 1.807) is 11.8 Å². The van der Waals surface area contributed by atoms with Crippen LogP contribution in [-0.2, 0) is 11.3 Å². The Balaban J connectivity index is 2.28. The van der Waals surface area contributed by atoms with Crippen molar-refractivity contribution in [3.8, 4) is 0 Å². The van der Waals surface area contributed by atoms with Crippen LogP contribution in [0.25, 0.3) is 0 Å². The Labute approximate surface area is 108 Å². The molecule has 0 saturated carbocycles. The second-order valence-electron chi connectivity index (χ2n) is 4.14. The highest BCUT2D eigenvalue weighted by Crippen LogP contribution is 2.32. The van der Waals surface area contributed by atoms with Gasteiger partial charge in [0.2, 0.25) is 0 Å². The lowest BCUT2D eigenvalue weighted by molar-refractivity contribution is 0.165. The van der Waals surface area contributed by atoms with E-state index < -0.39 is 0 Å². The molecule has 0 amide bonds. The molecule has 0 atom stereocenters. The molecule has 0 aromatic heterocycles. The van der Waals surface area contributed by atoms with E-state index in [9.17, 15) is 5.11 Å². The minimum atomic E-state index is -0.0311. The van der Waals surface area contributed by atoms with Gasteiger partial charge in [-0.1, -0.05) is 44.2 Å². The van der Waals surface area contributed by atoms with Gasteiger partial charge in [0.25, 0.3) is 0 Å². The SMILES string of the molecule is CCC(CC)(CO)SCOCc1ccccc1. The predicted octanol–water partition coefficient (Wildman–Crippen LogP) is 3.45. The van der Waals surface area contributed by atoms with Gasteiger partial charge in [0.05, 0.1) is 19.2 Å². The third-order valence-corrected chi connectivity index (χ3v) is 4.74. The summed E-state index contributed by atoms with van der Waals surface area (Å²) in [7, 11) is 0. The Kier molecular flexibility index (Phi) is 6.63. The summed E-state index contributed by atoms with van der Waals surface area (Å²) in [6, 6.07) is 10.2. The molecule has 0 aliphatic carbocycles. The maximum absolute atomic E-state index is 9.42. The second-order valence-corrected chi connectivity index (χ2v) is 5.53. The lowest BCUT2D eigenvalue weighted by Gasteiger charge is -2.28. The number of aliphatic hydroxyl groups excluding tert-OH is 1. The fraction of sp³-hybridized carbons (Fsp3) is 0.571. The van der Waals surface area contributed by atoms with Crippen LogP contribution in [0.1, 0.15) is 32.3 Å². The van der Waals surface area contributed by atoms with Crippen LogP contribution in [0.5, 0.6) is 0 Å². The zero-order valence-corrected chi connectivity index (χ0v) is 11.5. The van der Waals surface area contributed by atoms with E-state index in [0.29, 0.717) is 12.5 Å². The van der Waals surface area contributed by atoms with E-state index >= 15 is 0 Å². The molecule has 96 valence electrons. The van der Waals surface area contributed by atoms with Crippen LogP contribution in [-0.4, -0.2) is 22.4 Å². The van der Waals surface area contributed by atoms with Crippen molar-refractivity contribution in [2.24, 2.45) is 0 Å². The molecule has 1 aromatic rings. The Morgan fingerprint density at radius 1 is 1.18 bits per heavy atom. The highest BCUT2D eigenvalue weighted by molar-refractivity contribution is 8.00. The molecule has 0 fully saturated rings. The number of hydrogen-bond donors (Lipinski definition) is 1. The molecule has 0 radical (unpaired) electrons. The molecule has 0 spiro atoms. The van der Waals surface area contributed by atoms with Crippen LogP contribution in [0.3, 0.4) is 0 Å². The molecule has 0 aliphatic rings. The average molecular weight is 254 g/mol. The fourth-order valence-corrected chi connectivity index (χ4v) is 2.54. The maximum Gasteiger partial charge on any atom is 0.0931 e. The van der Waals surface area contributed by atoms with Crippen molar-refractivity contribution in [1.29, 1.82) is 0 Å². The van der Waals surface area contributed by atoms with Crippen LogP contribution in [0.2, 0.25) is 0 Å². The molecular weight excluding hydrogens is 232 g/mol. The Morgan fingerprint density at radius 2 is 1.82 bits per heavy atom. The summed E-state index contributed by atoms with van der Waals surface area (Å²) in [6.45, 7) is 5.09. The highest BCUT2D eigenvalue weighted by Gasteiger charge is 2.25. The number of rotatable bonds is 8. The molecule has 3 heteroatoms. The molecule has 2 nitrogen and oxygen atoms in total. The van der Waals surface area contributed by atoms with Crippen molar-refractivity contribution in [2.75, 3.05) is 12.5 Å². The first-order chi connectivity index (χ1) is 8.26. The van der Waals surface area contributed by atoms with E-state index in [1.165, 1.54) is 5.56 Å². The van der Waals surface area contributed by atoms with E-state index in [0.717, 1.165) is 12.8 Å². The summed E-state index contributed by atoms with van der Waals surface area (Å²) in [4.78, 5) is 0. The topological polar surface area (TPSA) is 29.5 Å². The predicted molar refractivity (Wildman–Crippen MR) is 74.1 cm³/mol. The van der Waals surface area contributed by atoms with Crippen LogP contribution < -0.4 is 0 Å². The minimum absolute atomic E-state index is 0.0311. The molecule has 0 unspecified atom stereocenters. The van der Waals surface area contributed by atoms with Gasteiger partial charge in [0.15, 0.2) is 0 Å². The van der Waals surface area contributed by atoms with Gasteiger partial charge < -0.3 is 9.84 Å². The van der Waals surface area contributed by atoms with Crippen molar-refractivity contribution >= 4 is 11.8 Å². The van der Waals surface area contributed by atoms with Crippen molar-refractivity contribution in [3.63, 3.8) is 0 Å². The lowest BCUT2D eigenvalue weighted by Crippen LogP contribution is -2.28. The molecule has 1 N–H and O–H groups in total. The van der Waals surface area contributed by atoms with Gasteiger partial charge in [-0.15, -0.1) is 11.8 Å². The fourth-order valence-electron chi connectivity index (χ4n) is 1.62. The van der Waals surface area contributed by atoms with Crippen LogP contribution in [0.15, 0.2) is 30.3 Å². The maximum atomic E-state index is 9.42. The first kappa shape index (κ1) is 14.6. The van der Waals surface area contributed by atoms with Gasteiger partial charge >= 0.3 is 0 Å².